The highest BCUT2D eigenvalue weighted by Crippen LogP contribution is 2.24. The molecule has 0 aliphatic rings. The Balaban J connectivity index is 2.38. The number of aromatic nitrogens is 2. The molecule has 0 radical (unpaired) electrons. The summed E-state index contributed by atoms with van der Waals surface area (Å²) >= 11 is 0. The highest BCUT2D eigenvalue weighted by atomic mass is 16.5. The van der Waals surface area contributed by atoms with E-state index in [2.05, 4.69) is 27.4 Å². The van der Waals surface area contributed by atoms with Crippen LogP contribution in [0.25, 0.3) is 0 Å². The van der Waals surface area contributed by atoms with Crippen LogP contribution in [0.15, 0.2) is 30.6 Å². The van der Waals surface area contributed by atoms with Crippen LogP contribution in [0.2, 0.25) is 0 Å². The van der Waals surface area contributed by atoms with Crippen molar-refractivity contribution < 1.29 is 4.74 Å². The van der Waals surface area contributed by atoms with Crippen molar-refractivity contribution in [2.45, 2.75) is 26.8 Å². The van der Waals surface area contributed by atoms with Gasteiger partial charge in [-0.05, 0) is 57.1 Å². The molecule has 0 aromatic carbocycles. The Kier molecular flexibility index (Phi) is 4.69. The number of nitrogens with zero attached hydrogens (tertiary/aromatic N) is 2. The summed E-state index contributed by atoms with van der Waals surface area (Å²) in [5.74, 6) is 0.799. The number of hydrogen-bond acceptors (Lipinski definition) is 4. The molecule has 0 saturated heterocycles. The van der Waals surface area contributed by atoms with Crippen molar-refractivity contribution in [2.24, 2.45) is 0 Å². The van der Waals surface area contributed by atoms with Crippen LogP contribution in [0.3, 0.4) is 0 Å². The van der Waals surface area contributed by atoms with Gasteiger partial charge in [0.15, 0.2) is 0 Å². The summed E-state index contributed by atoms with van der Waals surface area (Å²) in [5.41, 5.74) is 4.32. The van der Waals surface area contributed by atoms with E-state index >= 15 is 0 Å². The summed E-state index contributed by atoms with van der Waals surface area (Å²) in [6.07, 6.45) is 3.61. The maximum Gasteiger partial charge on any atom is 0.137 e. The largest absolute Gasteiger partial charge is 0.492 e. The molecule has 1 atom stereocenters. The molecule has 0 amide bonds. The quantitative estimate of drug-likeness (QED) is 0.908. The van der Waals surface area contributed by atoms with E-state index in [4.69, 9.17) is 4.74 Å². The summed E-state index contributed by atoms with van der Waals surface area (Å²) in [6.45, 7) is 6.64. The van der Waals surface area contributed by atoms with Gasteiger partial charge in [0.05, 0.1) is 18.8 Å². The van der Waals surface area contributed by atoms with Gasteiger partial charge in [0.25, 0.3) is 0 Å². The first kappa shape index (κ1) is 14.5. The van der Waals surface area contributed by atoms with Gasteiger partial charge in [-0.2, -0.15) is 0 Å². The molecule has 1 unspecified atom stereocenters. The van der Waals surface area contributed by atoms with Crippen LogP contribution in [-0.2, 0) is 0 Å². The molecule has 0 bridgehead atoms. The summed E-state index contributed by atoms with van der Waals surface area (Å²) in [5, 5.41) is 3.34. The number of pyridine rings is 2. The van der Waals surface area contributed by atoms with Crippen molar-refractivity contribution in [2.75, 3.05) is 13.7 Å². The van der Waals surface area contributed by atoms with Crippen LogP contribution >= 0.6 is 0 Å². The first-order valence-corrected chi connectivity index (χ1v) is 6.84. The van der Waals surface area contributed by atoms with Gasteiger partial charge in [-0.1, -0.05) is 0 Å². The van der Waals surface area contributed by atoms with E-state index in [1.165, 1.54) is 5.56 Å². The highest BCUT2D eigenvalue weighted by molar-refractivity contribution is 5.35. The second-order valence-electron chi connectivity index (χ2n) is 4.79. The lowest BCUT2D eigenvalue weighted by atomic mass is 9.99. The maximum atomic E-state index is 5.52. The predicted molar refractivity (Wildman–Crippen MR) is 80.0 cm³/mol. The third-order valence-corrected chi connectivity index (χ3v) is 3.10. The lowest BCUT2D eigenvalue weighted by molar-refractivity contribution is 0.338. The van der Waals surface area contributed by atoms with Crippen LogP contribution in [-0.4, -0.2) is 23.6 Å². The van der Waals surface area contributed by atoms with E-state index in [9.17, 15) is 0 Å². The van der Waals surface area contributed by atoms with E-state index in [0.717, 1.165) is 22.7 Å². The molecule has 4 heteroatoms. The Hall–Kier alpha value is -1.94. The minimum atomic E-state index is 0.0864. The molecule has 2 aromatic rings. The van der Waals surface area contributed by atoms with Crippen LogP contribution in [0.1, 0.15) is 35.5 Å². The van der Waals surface area contributed by atoms with Crippen molar-refractivity contribution in [3.8, 4) is 5.75 Å². The number of aryl methyl sites for hydroxylation is 2. The van der Waals surface area contributed by atoms with Gasteiger partial charge in [0.1, 0.15) is 5.75 Å². The Labute approximate surface area is 120 Å². The topological polar surface area (TPSA) is 47.0 Å². The third-order valence-electron chi connectivity index (χ3n) is 3.10. The average Bonchev–Trinajstić information content (AvgIpc) is 2.39. The molecule has 1 N–H and O–H groups in total. The van der Waals surface area contributed by atoms with Crippen molar-refractivity contribution >= 4 is 0 Å². The van der Waals surface area contributed by atoms with E-state index in [0.29, 0.717) is 6.61 Å². The predicted octanol–water partition coefficient (Wildman–Crippen LogP) is 2.80. The zero-order valence-electron chi connectivity index (χ0n) is 12.5. The van der Waals surface area contributed by atoms with Crippen LogP contribution in [0.5, 0.6) is 5.75 Å². The number of nitrogens with one attached hydrogen (secondary N) is 1. The van der Waals surface area contributed by atoms with Gasteiger partial charge in [0.2, 0.25) is 0 Å². The molecule has 0 saturated carbocycles. The van der Waals surface area contributed by atoms with Gasteiger partial charge >= 0.3 is 0 Å². The van der Waals surface area contributed by atoms with Gasteiger partial charge < -0.3 is 10.1 Å². The minimum absolute atomic E-state index is 0.0864. The smallest absolute Gasteiger partial charge is 0.137 e. The van der Waals surface area contributed by atoms with Crippen LogP contribution in [0, 0.1) is 13.8 Å². The lowest BCUT2D eigenvalue weighted by Crippen LogP contribution is -2.18. The lowest BCUT2D eigenvalue weighted by Gasteiger charge is -2.18. The molecular formula is C16H21N3O. The zero-order chi connectivity index (χ0) is 14.5. The van der Waals surface area contributed by atoms with E-state index in [-0.39, 0.29) is 6.04 Å². The van der Waals surface area contributed by atoms with Crippen molar-refractivity contribution in [3.63, 3.8) is 0 Å². The first-order chi connectivity index (χ1) is 9.63. The highest BCUT2D eigenvalue weighted by Gasteiger charge is 2.14. The summed E-state index contributed by atoms with van der Waals surface area (Å²) in [7, 11) is 1.95. The van der Waals surface area contributed by atoms with Crippen molar-refractivity contribution in [1.29, 1.82) is 0 Å². The van der Waals surface area contributed by atoms with Gasteiger partial charge in [-0.15, -0.1) is 0 Å². The number of rotatable bonds is 5. The van der Waals surface area contributed by atoms with Gasteiger partial charge in [-0.25, -0.2) is 0 Å². The fourth-order valence-electron chi connectivity index (χ4n) is 2.40. The SMILES string of the molecule is CCOc1cncc(C(NC)c2cc(C)nc(C)c2)c1. The number of ether oxygens (including phenoxy) is 1. The zero-order valence-corrected chi connectivity index (χ0v) is 12.5. The fraction of sp³-hybridized carbons (Fsp3) is 0.375. The van der Waals surface area contributed by atoms with E-state index in [1.807, 2.05) is 40.1 Å². The number of hydrogen-bond donors (Lipinski definition) is 1. The Bertz CT molecular complexity index is 563. The molecule has 0 fully saturated rings. The molecule has 2 rings (SSSR count). The first-order valence-electron chi connectivity index (χ1n) is 6.84. The fourth-order valence-corrected chi connectivity index (χ4v) is 2.40. The van der Waals surface area contributed by atoms with Gasteiger partial charge in [0, 0.05) is 17.6 Å². The standard InChI is InChI=1S/C16H21N3O/c1-5-20-15-8-14(9-18-10-15)16(17-4)13-6-11(2)19-12(3)7-13/h6-10,16-17H,5H2,1-4H3. The summed E-state index contributed by atoms with van der Waals surface area (Å²) in [6, 6.07) is 6.31. The molecule has 0 aliphatic carbocycles. The summed E-state index contributed by atoms with van der Waals surface area (Å²) < 4.78 is 5.52. The monoisotopic (exact) mass is 271 g/mol. The third kappa shape index (κ3) is 3.33. The van der Waals surface area contributed by atoms with E-state index in [1.54, 1.807) is 6.20 Å². The normalized spacial score (nSPS) is 12.2. The van der Waals surface area contributed by atoms with E-state index < -0.39 is 0 Å². The second kappa shape index (κ2) is 6.48. The molecule has 2 heterocycles. The van der Waals surface area contributed by atoms with Crippen molar-refractivity contribution in [1.82, 2.24) is 15.3 Å². The maximum absolute atomic E-state index is 5.52. The molecule has 20 heavy (non-hydrogen) atoms. The Morgan fingerprint density at radius 3 is 2.40 bits per heavy atom. The molecule has 0 spiro atoms. The molecule has 106 valence electrons. The molecular weight excluding hydrogens is 250 g/mol. The molecule has 2 aromatic heterocycles. The van der Waals surface area contributed by atoms with Crippen LogP contribution < -0.4 is 10.1 Å². The van der Waals surface area contributed by atoms with Gasteiger partial charge in [-0.3, -0.25) is 9.97 Å². The molecule has 4 nitrogen and oxygen atoms in total. The minimum Gasteiger partial charge on any atom is -0.492 e. The average molecular weight is 271 g/mol. The Morgan fingerprint density at radius 2 is 1.80 bits per heavy atom. The van der Waals surface area contributed by atoms with Crippen LogP contribution in [0.4, 0.5) is 0 Å². The second-order valence-corrected chi connectivity index (χ2v) is 4.79. The molecule has 0 aliphatic heterocycles. The van der Waals surface area contributed by atoms with Crippen molar-refractivity contribution in [3.05, 3.63) is 53.1 Å². The Morgan fingerprint density at radius 1 is 1.10 bits per heavy atom. The summed E-state index contributed by atoms with van der Waals surface area (Å²) in [4.78, 5) is 8.69.